The fourth-order valence-electron chi connectivity index (χ4n) is 0.963. The van der Waals surface area contributed by atoms with Crippen molar-refractivity contribution in [2.24, 2.45) is 0 Å². The smallest absolute Gasteiger partial charge is 0.119 e. The van der Waals surface area contributed by atoms with Gasteiger partial charge in [0.1, 0.15) is 10.5 Å². The summed E-state index contributed by atoms with van der Waals surface area (Å²) in [6, 6.07) is 1.97. The molecule has 0 fully saturated rings. The Labute approximate surface area is 74.6 Å². The minimum Gasteiger partial charge on any atom is -0.262 e. The molecule has 3 heteroatoms. The highest BCUT2D eigenvalue weighted by Gasteiger charge is 2.02. The third-order valence-electron chi connectivity index (χ3n) is 1.55. The predicted octanol–water partition coefficient (Wildman–Crippen LogP) is 2.72. The molecule has 0 radical (unpaired) electrons. The first kappa shape index (κ1) is 7.43. The summed E-state index contributed by atoms with van der Waals surface area (Å²) in [4.78, 5) is 8.37. The van der Waals surface area contributed by atoms with Gasteiger partial charge in [0.2, 0.25) is 0 Å². The Balaban J connectivity index is 2.70. The second-order valence-corrected chi connectivity index (χ2v) is 3.67. The molecule has 0 bridgehead atoms. The number of nitrogens with zero attached hydrogens (tertiary/aromatic N) is 2. The average Bonchev–Trinajstić information content (AvgIpc) is 2.46. The molecule has 0 aliphatic carbocycles. The molecule has 12 heavy (non-hydrogen) atoms. The van der Waals surface area contributed by atoms with Gasteiger partial charge in [0, 0.05) is 6.20 Å². The van der Waals surface area contributed by atoms with Gasteiger partial charge in [-0.1, -0.05) is 6.58 Å². The Bertz CT molecular complexity index is 398. The van der Waals surface area contributed by atoms with Crippen LogP contribution in [0.3, 0.4) is 0 Å². The zero-order valence-corrected chi connectivity index (χ0v) is 7.56. The van der Waals surface area contributed by atoms with E-state index in [4.69, 9.17) is 0 Å². The highest BCUT2D eigenvalue weighted by Crippen LogP contribution is 2.24. The molecule has 0 saturated heterocycles. The summed E-state index contributed by atoms with van der Waals surface area (Å²) in [5, 5.41) is 0.998. The maximum absolute atomic E-state index is 4.37. The number of allylic oxidation sites excluding steroid dienone is 1. The molecule has 0 spiro atoms. The fraction of sp³-hybridized carbons (Fsp3) is 0.111. The number of aromatic nitrogens is 2. The molecule has 2 rings (SSSR count). The van der Waals surface area contributed by atoms with Crippen molar-refractivity contribution in [1.82, 2.24) is 9.97 Å². The molecule has 2 aromatic heterocycles. The van der Waals surface area contributed by atoms with Crippen LogP contribution in [-0.4, -0.2) is 9.97 Å². The summed E-state index contributed by atoms with van der Waals surface area (Å²) in [6.45, 7) is 5.81. The maximum Gasteiger partial charge on any atom is 0.119 e. The van der Waals surface area contributed by atoms with Gasteiger partial charge in [-0.2, -0.15) is 0 Å². The normalized spacial score (nSPS) is 10.4. The van der Waals surface area contributed by atoms with Gasteiger partial charge in [-0.05, 0) is 18.6 Å². The molecule has 0 unspecified atom stereocenters. The number of fused-ring (bicyclic) bond motifs is 1. The van der Waals surface area contributed by atoms with Crippen molar-refractivity contribution in [1.29, 1.82) is 0 Å². The summed E-state index contributed by atoms with van der Waals surface area (Å²) in [5.41, 5.74) is 1.97. The second kappa shape index (κ2) is 2.68. The van der Waals surface area contributed by atoms with Crippen molar-refractivity contribution < 1.29 is 0 Å². The molecule has 2 heterocycles. The van der Waals surface area contributed by atoms with Gasteiger partial charge in [-0.3, -0.25) is 4.98 Å². The number of pyridine rings is 1. The van der Waals surface area contributed by atoms with E-state index in [0.717, 1.165) is 16.1 Å². The van der Waals surface area contributed by atoms with Crippen LogP contribution in [0.25, 0.3) is 15.8 Å². The van der Waals surface area contributed by atoms with Crippen LogP contribution in [0.15, 0.2) is 25.0 Å². The van der Waals surface area contributed by atoms with E-state index >= 15 is 0 Å². The van der Waals surface area contributed by atoms with Crippen LogP contribution in [0, 0.1) is 0 Å². The van der Waals surface area contributed by atoms with E-state index < -0.39 is 0 Å². The Morgan fingerprint density at radius 2 is 2.42 bits per heavy atom. The van der Waals surface area contributed by atoms with E-state index in [-0.39, 0.29) is 0 Å². The van der Waals surface area contributed by atoms with Crippen LogP contribution in [0.4, 0.5) is 0 Å². The van der Waals surface area contributed by atoms with Gasteiger partial charge < -0.3 is 0 Å². The van der Waals surface area contributed by atoms with Crippen LogP contribution in [0.5, 0.6) is 0 Å². The highest BCUT2D eigenvalue weighted by atomic mass is 32.1. The van der Waals surface area contributed by atoms with E-state index in [0.29, 0.717) is 0 Å². The molecule has 0 amide bonds. The average molecular weight is 176 g/mol. The van der Waals surface area contributed by atoms with E-state index in [1.807, 2.05) is 13.0 Å². The molecule has 60 valence electrons. The van der Waals surface area contributed by atoms with E-state index in [1.54, 1.807) is 23.7 Å². The van der Waals surface area contributed by atoms with Crippen LogP contribution in [0.2, 0.25) is 0 Å². The number of hydrogen-bond acceptors (Lipinski definition) is 3. The topological polar surface area (TPSA) is 25.8 Å². The van der Waals surface area contributed by atoms with Crippen LogP contribution in [-0.2, 0) is 0 Å². The summed E-state index contributed by atoms with van der Waals surface area (Å²) in [5.74, 6) is 0. The Hall–Kier alpha value is -1.22. The van der Waals surface area contributed by atoms with Gasteiger partial charge >= 0.3 is 0 Å². The van der Waals surface area contributed by atoms with Crippen molar-refractivity contribution >= 4 is 27.1 Å². The molecule has 0 atom stereocenters. The highest BCUT2D eigenvalue weighted by molar-refractivity contribution is 7.19. The molecule has 0 saturated carbocycles. The molecular formula is C9H8N2S. The summed E-state index contributed by atoms with van der Waals surface area (Å²) >= 11 is 1.65. The van der Waals surface area contributed by atoms with E-state index in [9.17, 15) is 0 Å². The Morgan fingerprint density at radius 3 is 3.08 bits per heavy atom. The zero-order valence-electron chi connectivity index (χ0n) is 6.74. The predicted molar refractivity (Wildman–Crippen MR) is 52.1 cm³/mol. The van der Waals surface area contributed by atoms with E-state index in [2.05, 4.69) is 16.5 Å². The van der Waals surface area contributed by atoms with Gasteiger partial charge in [0.05, 0.1) is 10.9 Å². The first-order valence-electron chi connectivity index (χ1n) is 3.64. The molecule has 0 N–H and O–H groups in total. The molecule has 0 aromatic carbocycles. The van der Waals surface area contributed by atoms with Gasteiger partial charge in [0.15, 0.2) is 0 Å². The number of rotatable bonds is 1. The summed E-state index contributed by atoms with van der Waals surface area (Å²) in [6.07, 6.45) is 3.56. The van der Waals surface area contributed by atoms with Gasteiger partial charge in [-0.25, -0.2) is 4.98 Å². The van der Waals surface area contributed by atoms with E-state index in [1.165, 1.54) is 4.70 Å². The maximum atomic E-state index is 4.37. The quantitative estimate of drug-likeness (QED) is 0.667. The molecular weight excluding hydrogens is 168 g/mol. The third-order valence-corrected chi connectivity index (χ3v) is 2.75. The van der Waals surface area contributed by atoms with Crippen molar-refractivity contribution in [2.45, 2.75) is 6.92 Å². The fourth-order valence-corrected chi connectivity index (χ4v) is 1.82. The second-order valence-electron chi connectivity index (χ2n) is 2.64. The van der Waals surface area contributed by atoms with Crippen LogP contribution < -0.4 is 0 Å². The van der Waals surface area contributed by atoms with Crippen LogP contribution >= 0.6 is 11.3 Å². The third kappa shape index (κ3) is 1.12. The SMILES string of the molecule is C=C(C)c1nc2cnccc2s1. The Morgan fingerprint density at radius 1 is 1.58 bits per heavy atom. The minimum atomic E-state index is 0.959. The van der Waals surface area contributed by atoms with Crippen molar-refractivity contribution in [3.8, 4) is 0 Å². The lowest BCUT2D eigenvalue weighted by molar-refractivity contribution is 1.33. The summed E-state index contributed by atoms with van der Waals surface area (Å²) < 4.78 is 1.17. The lowest BCUT2D eigenvalue weighted by atomic mass is 10.4. The van der Waals surface area contributed by atoms with Crippen molar-refractivity contribution in [3.05, 3.63) is 30.0 Å². The summed E-state index contributed by atoms with van der Waals surface area (Å²) in [7, 11) is 0. The first-order valence-corrected chi connectivity index (χ1v) is 4.45. The minimum absolute atomic E-state index is 0.959. The first-order chi connectivity index (χ1) is 5.77. The molecule has 2 nitrogen and oxygen atoms in total. The molecule has 0 aliphatic rings. The molecule has 0 aliphatic heterocycles. The largest absolute Gasteiger partial charge is 0.262 e. The van der Waals surface area contributed by atoms with Crippen molar-refractivity contribution in [3.63, 3.8) is 0 Å². The Kier molecular flexibility index (Phi) is 1.66. The van der Waals surface area contributed by atoms with Crippen molar-refractivity contribution in [2.75, 3.05) is 0 Å². The van der Waals surface area contributed by atoms with Gasteiger partial charge in [0.25, 0.3) is 0 Å². The standard InChI is InChI=1S/C9H8N2S/c1-6(2)9-11-7-5-10-4-3-8(7)12-9/h3-5H,1H2,2H3. The lowest BCUT2D eigenvalue weighted by Crippen LogP contribution is -1.73. The number of thiazole rings is 1. The molecule has 2 aromatic rings. The van der Waals surface area contributed by atoms with Crippen LogP contribution in [0.1, 0.15) is 11.9 Å². The van der Waals surface area contributed by atoms with Gasteiger partial charge in [-0.15, -0.1) is 11.3 Å². The lowest BCUT2D eigenvalue weighted by Gasteiger charge is -1.85. The number of hydrogen-bond donors (Lipinski definition) is 0. The monoisotopic (exact) mass is 176 g/mol. The zero-order chi connectivity index (χ0) is 8.55.